The van der Waals surface area contributed by atoms with Crippen LogP contribution in [0.1, 0.15) is 66.8 Å². The van der Waals surface area contributed by atoms with Crippen LogP contribution in [0.25, 0.3) is 0 Å². The number of carbonyl (C=O) groups is 4. The van der Waals surface area contributed by atoms with E-state index in [0.29, 0.717) is 0 Å². The number of thiazole rings is 1. The fourth-order valence-electron chi connectivity index (χ4n) is 3.68. The zero-order valence-corrected chi connectivity index (χ0v) is 27.9. The second kappa shape index (κ2) is 13.3. The van der Waals surface area contributed by atoms with E-state index in [1.54, 1.807) is 41.5 Å². The van der Waals surface area contributed by atoms with E-state index in [1.165, 1.54) is 25.4 Å². The summed E-state index contributed by atoms with van der Waals surface area (Å²) in [4.78, 5) is 61.0. The number of carbonyl (C=O) groups excluding carboxylic acids is 4. The van der Waals surface area contributed by atoms with Gasteiger partial charge in [0.1, 0.15) is 28.6 Å². The Kier molecular flexibility index (Phi) is 10.5. The molecule has 0 bridgehead atoms. The monoisotopic (exact) mass is 688 g/mol. The first kappa shape index (κ1) is 36.3. The molecule has 1 saturated heterocycles. The lowest BCUT2D eigenvalue weighted by molar-refractivity contribution is -0.179. The molecule has 2 aromatic rings. The molecule has 254 valence electrons. The summed E-state index contributed by atoms with van der Waals surface area (Å²) in [5.74, 6) is -3.09. The summed E-state index contributed by atoms with van der Waals surface area (Å²) in [6.45, 7) is 11.7. The number of amides is 3. The van der Waals surface area contributed by atoms with Gasteiger partial charge in [-0.25, -0.2) is 23.6 Å². The number of rotatable bonds is 11. The average molecular weight is 689 g/mol. The Balaban J connectivity index is 1.93. The maximum absolute atomic E-state index is 13.6. The van der Waals surface area contributed by atoms with Crippen molar-refractivity contribution in [1.82, 2.24) is 29.6 Å². The van der Waals surface area contributed by atoms with E-state index < -0.39 is 75.4 Å². The van der Waals surface area contributed by atoms with Gasteiger partial charge in [-0.15, -0.1) is 16.4 Å². The summed E-state index contributed by atoms with van der Waals surface area (Å²) in [5, 5.41) is 26.6. The third kappa shape index (κ3) is 9.40. The summed E-state index contributed by atoms with van der Waals surface area (Å²) in [5.41, 5.74) is -3.99. The van der Waals surface area contributed by atoms with Gasteiger partial charge in [0.2, 0.25) is 5.60 Å². The van der Waals surface area contributed by atoms with E-state index in [2.05, 4.69) is 31.1 Å². The molecule has 1 aliphatic heterocycles. The van der Waals surface area contributed by atoms with Gasteiger partial charge in [0.25, 0.3) is 11.8 Å². The van der Waals surface area contributed by atoms with Crippen molar-refractivity contribution in [3.63, 3.8) is 0 Å². The first-order chi connectivity index (χ1) is 21.0. The minimum atomic E-state index is -5.05. The van der Waals surface area contributed by atoms with E-state index in [-0.39, 0.29) is 27.4 Å². The zero-order valence-electron chi connectivity index (χ0n) is 26.3. The lowest BCUT2D eigenvalue weighted by atomic mass is 9.98. The van der Waals surface area contributed by atoms with Gasteiger partial charge < -0.3 is 24.7 Å². The van der Waals surface area contributed by atoms with Gasteiger partial charge >= 0.3 is 22.4 Å². The molecule has 3 rings (SSSR count). The minimum Gasteiger partial charge on any atom is -0.457 e. The summed E-state index contributed by atoms with van der Waals surface area (Å²) >= 11 is 0.889. The van der Waals surface area contributed by atoms with Crippen LogP contribution in [0.2, 0.25) is 0 Å². The Bertz CT molecular complexity index is 1620. The van der Waals surface area contributed by atoms with E-state index in [4.69, 9.17) is 14.3 Å². The third-order valence-electron chi connectivity index (χ3n) is 5.65. The van der Waals surface area contributed by atoms with Gasteiger partial charge in [0.15, 0.2) is 10.8 Å². The fourth-order valence-corrected chi connectivity index (χ4v) is 5.23. The number of hydrogen-bond donors (Lipinski definition) is 4. The smallest absolute Gasteiger partial charge is 0.413 e. The highest BCUT2D eigenvalue weighted by Crippen LogP contribution is 2.26. The van der Waals surface area contributed by atoms with Crippen LogP contribution in [0.4, 0.5) is 9.93 Å². The molecular formula is C25H36N8O11S2. The third-order valence-corrected chi connectivity index (χ3v) is 7.36. The van der Waals surface area contributed by atoms with E-state index in [1.807, 2.05) is 0 Å². The molecule has 1 aliphatic rings. The Morgan fingerprint density at radius 3 is 2.26 bits per heavy atom. The summed E-state index contributed by atoms with van der Waals surface area (Å²) in [6, 6.07) is -2.90. The van der Waals surface area contributed by atoms with Crippen LogP contribution >= 0.6 is 11.3 Å². The molecule has 4 N–H and O–H groups in total. The Morgan fingerprint density at radius 1 is 1.09 bits per heavy atom. The highest BCUT2D eigenvalue weighted by Gasteiger charge is 2.54. The van der Waals surface area contributed by atoms with Crippen LogP contribution in [0.3, 0.4) is 0 Å². The average Bonchev–Trinajstić information content (AvgIpc) is 3.53. The molecule has 0 aromatic carbocycles. The molecule has 3 amide bonds. The van der Waals surface area contributed by atoms with E-state index >= 15 is 0 Å². The van der Waals surface area contributed by atoms with Gasteiger partial charge in [0, 0.05) is 5.38 Å². The number of anilines is 1. The normalized spacial score (nSPS) is 17.7. The molecule has 21 heteroatoms. The summed E-state index contributed by atoms with van der Waals surface area (Å²) in [7, 11) is -5.05. The van der Waals surface area contributed by atoms with Crippen LogP contribution in [0.5, 0.6) is 0 Å². The molecule has 46 heavy (non-hydrogen) atoms. The fraction of sp³-hybridized carbons (Fsp3) is 0.600. The van der Waals surface area contributed by atoms with Crippen LogP contribution in [0.15, 0.2) is 16.7 Å². The number of hydrogen-bond acceptors (Lipinski definition) is 15. The molecule has 0 spiro atoms. The maximum atomic E-state index is 13.6. The number of esters is 1. The van der Waals surface area contributed by atoms with Crippen LogP contribution in [-0.2, 0) is 52.2 Å². The topological polar surface area (TPSA) is 254 Å². The van der Waals surface area contributed by atoms with Crippen molar-refractivity contribution in [2.45, 2.75) is 97.4 Å². The molecular weight excluding hydrogens is 652 g/mol. The zero-order chi connectivity index (χ0) is 34.8. The number of aliphatic hydroxyl groups is 1. The SMILES string of the molecule is CC(C)(C)OC(=O)Nc1nc(C(=NOC(C)(C)C(=O)OC(C)(C)C)C(=O)N[C@@H]2C(=O)N(S(=O)(=O)O)[C@@H]2Cn2cc(CO)nn2)cs1. The molecule has 0 saturated carbocycles. The number of aliphatic hydroxyl groups excluding tert-OH is 1. The Morgan fingerprint density at radius 2 is 1.72 bits per heavy atom. The second-order valence-electron chi connectivity index (χ2n) is 12.4. The van der Waals surface area contributed by atoms with Crippen molar-refractivity contribution < 1.29 is 51.6 Å². The van der Waals surface area contributed by atoms with Crippen LogP contribution < -0.4 is 10.6 Å². The van der Waals surface area contributed by atoms with Gasteiger partial charge in [0.05, 0.1) is 25.4 Å². The van der Waals surface area contributed by atoms with Crippen molar-refractivity contribution in [3.8, 4) is 0 Å². The molecule has 0 aliphatic carbocycles. The quantitative estimate of drug-likeness (QED) is 0.0830. The standard InChI is InChI=1S/C25H36N8O11S2/c1-23(2,3)42-20(37)25(7,8)44-30-16(14-12-45-21(26-14)28-22(38)43-24(4,5)6)18(35)27-17-15(33(19(17)36)46(39,40)41)10-32-9-13(11-34)29-31-32/h9,12,15,17,34H,10-11H2,1-8H3,(H,27,35)(H,26,28,38)(H,39,40,41)/t15-,17+/m1/s1. The van der Waals surface area contributed by atoms with Crippen molar-refractivity contribution in [2.75, 3.05) is 5.32 Å². The summed E-state index contributed by atoms with van der Waals surface area (Å²) < 4.78 is 45.3. The largest absolute Gasteiger partial charge is 0.457 e. The van der Waals surface area contributed by atoms with Gasteiger partial charge in [-0.05, 0) is 55.4 Å². The van der Waals surface area contributed by atoms with Gasteiger partial charge in [-0.3, -0.25) is 19.5 Å². The number of oxime groups is 1. The highest BCUT2D eigenvalue weighted by atomic mass is 32.2. The molecule has 0 unspecified atom stereocenters. The molecule has 0 radical (unpaired) electrons. The lowest BCUT2D eigenvalue weighted by Gasteiger charge is -2.43. The van der Waals surface area contributed by atoms with Gasteiger partial charge in [-0.2, -0.15) is 8.42 Å². The maximum Gasteiger partial charge on any atom is 0.413 e. The first-order valence-electron chi connectivity index (χ1n) is 13.6. The van der Waals surface area contributed by atoms with E-state index in [0.717, 1.165) is 16.0 Å². The lowest BCUT2D eigenvalue weighted by Crippen LogP contribution is -2.73. The predicted octanol–water partition coefficient (Wildman–Crippen LogP) is 0.614. The number of nitrogens with zero attached hydrogens (tertiary/aromatic N) is 6. The first-order valence-corrected chi connectivity index (χ1v) is 15.9. The number of β-lactam (4-membered cyclic amide) rings is 1. The Hall–Kier alpha value is -4.21. The Labute approximate surface area is 268 Å². The predicted molar refractivity (Wildman–Crippen MR) is 160 cm³/mol. The van der Waals surface area contributed by atoms with Gasteiger partial charge in [-0.1, -0.05) is 10.4 Å². The number of aromatic nitrogens is 4. The molecule has 2 aromatic heterocycles. The number of nitrogens with one attached hydrogen (secondary N) is 2. The summed E-state index contributed by atoms with van der Waals surface area (Å²) in [6.07, 6.45) is 0.446. The van der Waals surface area contributed by atoms with Crippen molar-refractivity contribution in [3.05, 3.63) is 23.0 Å². The van der Waals surface area contributed by atoms with Crippen LogP contribution in [-0.4, -0.2) is 101 Å². The van der Waals surface area contributed by atoms with Crippen molar-refractivity contribution in [2.24, 2.45) is 5.16 Å². The molecule has 3 heterocycles. The second-order valence-corrected chi connectivity index (χ2v) is 14.6. The molecule has 2 atom stereocenters. The highest BCUT2D eigenvalue weighted by molar-refractivity contribution is 7.84. The molecule has 19 nitrogen and oxygen atoms in total. The van der Waals surface area contributed by atoms with Crippen molar-refractivity contribution >= 4 is 56.4 Å². The van der Waals surface area contributed by atoms with Crippen molar-refractivity contribution in [1.29, 1.82) is 0 Å². The molecule has 1 fully saturated rings. The van der Waals surface area contributed by atoms with Crippen LogP contribution in [0, 0.1) is 0 Å². The number of ether oxygens (including phenoxy) is 2. The van der Waals surface area contributed by atoms with E-state index in [9.17, 15) is 37.3 Å². The minimum absolute atomic E-state index is 0.00262.